The van der Waals surface area contributed by atoms with Crippen molar-refractivity contribution >= 4 is 23.0 Å². The maximum atomic E-state index is 12.4. The summed E-state index contributed by atoms with van der Waals surface area (Å²) in [6, 6.07) is 10.2. The normalized spacial score (nSPS) is 10.9. The van der Waals surface area contributed by atoms with Crippen molar-refractivity contribution in [3.05, 3.63) is 84.8 Å². The molecule has 0 aliphatic heterocycles. The molecule has 0 saturated heterocycles. The van der Waals surface area contributed by atoms with Crippen LogP contribution in [0, 0.1) is 20.2 Å². The molecule has 1 aromatic heterocycles. The number of nitro groups is 2. The van der Waals surface area contributed by atoms with E-state index in [1.165, 1.54) is 36.4 Å². The minimum Gasteiger partial charge on any atom is -0.857 e. The molecule has 0 unspecified atom stereocenters. The molecule has 136 valence electrons. The molecule has 3 aromatic rings. The standard InChI is InChI=1S/C15H10N6O6.Na/c22-14(16-9-3-1-5-11(7-9)20(24)25)13-15(23)19(18-17-13)10-4-2-6-12(8-10)21(26)27;/h1-8,18H,(H,16,22);/q;+1/p-1. The van der Waals surface area contributed by atoms with Crippen LogP contribution in [0.4, 0.5) is 17.1 Å². The van der Waals surface area contributed by atoms with Crippen molar-refractivity contribution in [3.63, 3.8) is 0 Å². The summed E-state index contributed by atoms with van der Waals surface area (Å²) in [5.41, 5.74) is -1.85. The third-order valence-corrected chi connectivity index (χ3v) is 3.44. The predicted molar refractivity (Wildman–Crippen MR) is 90.1 cm³/mol. The molecule has 0 radical (unpaired) electrons. The van der Waals surface area contributed by atoms with Crippen LogP contribution in [0.3, 0.4) is 0 Å². The first-order valence-corrected chi connectivity index (χ1v) is 7.29. The number of rotatable bonds is 5. The fourth-order valence-electron chi connectivity index (χ4n) is 2.21. The molecular formula is C15H9N6NaO6. The van der Waals surface area contributed by atoms with Gasteiger partial charge in [-0.15, -0.1) is 0 Å². The van der Waals surface area contributed by atoms with Crippen molar-refractivity contribution in [1.29, 1.82) is 0 Å². The van der Waals surface area contributed by atoms with Crippen LogP contribution < -0.4 is 40.2 Å². The van der Waals surface area contributed by atoms with Gasteiger partial charge in [-0.3, -0.25) is 30.0 Å². The molecule has 1 N–H and O–H groups in total. The molecule has 0 amide bonds. The molecule has 1 heterocycles. The van der Waals surface area contributed by atoms with Crippen LogP contribution in [0.2, 0.25) is 0 Å². The number of hydrogen-bond donors (Lipinski definition) is 1. The number of nitrogens with one attached hydrogen (secondary N) is 1. The Labute approximate surface area is 177 Å². The Kier molecular flexibility index (Phi) is 6.41. The quantitative estimate of drug-likeness (QED) is 0.169. The van der Waals surface area contributed by atoms with E-state index in [-0.39, 0.29) is 52.3 Å². The van der Waals surface area contributed by atoms with Gasteiger partial charge in [0.05, 0.1) is 21.2 Å². The van der Waals surface area contributed by atoms with Crippen LogP contribution in [0.25, 0.3) is 5.69 Å². The number of aromatic amines is 1. The number of hydrogen-bond acceptors (Lipinski definition) is 8. The monoisotopic (exact) mass is 392 g/mol. The smallest absolute Gasteiger partial charge is 0.857 e. The van der Waals surface area contributed by atoms with Gasteiger partial charge in [0, 0.05) is 30.2 Å². The molecule has 28 heavy (non-hydrogen) atoms. The molecule has 13 heteroatoms. The summed E-state index contributed by atoms with van der Waals surface area (Å²) < 4.78 is 0.850. The Balaban J connectivity index is 0.00000280. The average molecular weight is 392 g/mol. The number of aromatic nitrogens is 3. The molecule has 2 aromatic carbocycles. The molecule has 0 aliphatic rings. The van der Waals surface area contributed by atoms with Crippen LogP contribution in [-0.2, 0) is 0 Å². The third-order valence-electron chi connectivity index (χ3n) is 3.44. The second-order valence-electron chi connectivity index (χ2n) is 5.17. The summed E-state index contributed by atoms with van der Waals surface area (Å²) in [7, 11) is 0. The van der Waals surface area contributed by atoms with E-state index in [9.17, 15) is 30.1 Å². The summed E-state index contributed by atoms with van der Waals surface area (Å²) in [6.45, 7) is 0. The molecule has 0 saturated carbocycles. The van der Waals surface area contributed by atoms with E-state index < -0.39 is 27.0 Å². The van der Waals surface area contributed by atoms with Crippen molar-refractivity contribution < 1.29 is 44.5 Å². The zero-order valence-corrected chi connectivity index (χ0v) is 16.3. The van der Waals surface area contributed by atoms with Gasteiger partial charge in [0.2, 0.25) is 0 Å². The van der Waals surface area contributed by atoms with Crippen molar-refractivity contribution in [3.8, 4) is 5.69 Å². The number of nitro benzene ring substituents is 2. The molecule has 3 rings (SSSR count). The molecule has 0 atom stereocenters. The van der Waals surface area contributed by atoms with E-state index in [4.69, 9.17) is 0 Å². The zero-order chi connectivity index (χ0) is 19.6. The maximum Gasteiger partial charge on any atom is 1.00 e. The number of non-ortho nitro benzene ring substituents is 2. The largest absolute Gasteiger partial charge is 1.00 e. The van der Waals surface area contributed by atoms with E-state index in [1.807, 2.05) is 0 Å². The van der Waals surface area contributed by atoms with Gasteiger partial charge in [-0.2, -0.15) is 5.10 Å². The van der Waals surface area contributed by atoms with Gasteiger partial charge in [0.1, 0.15) is 0 Å². The summed E-state index contributed by atoms with van der Waals surface area (Å²) in [6.07, 6.45) is 0. The number of H-pyrrole nitrogens is 1. The van der Waals surface area contributed by atoms with E-state index in [1.54, 1.807) is 0 Å². The maximum absolute atomic E-state index is 12.4. The first-order chi connectivity index (χ1) is 12.9. The van der Waals surface area contributed by atoms with Crippen LogP contribution in [-0.4, -0.2) is 30.7 Å². The summed E-state index contributed by atoms with van der Waals surface area (Å²) >= 11 is 0. The Hall–Kier alpha value is -3.35. The zero-order valence-electron chi connectivity index (χ0n) is 14.3. The average Bonchev–Trinajstić information content (AvgIpc) is 3.03. The minimum atomic E-state index is -1.01. The summed E-state index contributed by atoms with van der Waals surface area (Å²) in [5.74, 6) is -1.01. The van der Waals surface area contributed by atoms with Gasteiger partial charge in [-0.25, -0.2) is 9.90 Å². The Morgan fingerprint density at radius 1 is 1.04 bits per heavy atom. The summed E-state index contributed by atoms with van der Waals surface area (Å²) in [4.78, 5) is 36.3. The van der Waals surface area contributed by atoms with E-state index >= 15 is 0 Å². The van der Waals surface area contributed by atoms with Gasteiger partial charge >= 0.3 is 29.6 Å². The Bertz CT molecular complexity index is 1140. The number of nitrogens with zero attached hydrogens (tertiary/aromatic N) is 5. The molecular weight excluding hydrogens is 383 g/mol. The number of benzene rings is 2. The van der Waals surface area contributed by atoms with Gasteiger partial charge < -0.3 is 5.11 Å². The van der Waals surface area contributed by atoms with Crippen LogP contribution in [0.1, 0.15) is 5.69 Å². The van der Waals surface area contributed by atoms with E-state index in [0.29, 0.717) is 0 Å². The van der Waals surface area contributed by atoms with E-state index in [2.05, 4.69) is 15.3 Å². The first-order valence-electron chi connectivity index (χ1n) is 7.29. The Morgan fingerprint density at radius 3 is 2.29 bits per heavy atom. The van der Waals surface area contributed by atoms with Crippen LogP contribution in [0.5, 0.6) is 0 Å². The first kappa shape index (κ1) is 21.0. The second kappa shape index (κ2) is 8.56. The molecule has 0 bridgehead atoms. The van der Waals surface area contributed by atoms with E-state index in [0.717, 1.165) is 16.8 Å². The van der Waals surface area contributed by atoms with Crippen molar-refractivity contribution in [2.75, 3.05) is 0 Å². The molecule has 0 fully saturated rings. The van der Waals surface area contributed by atoms with Crippen LogP contribution >= 0.6 is 0 Å². The molecule has 0 spiro atoms. The minimum absolute atomic E-state index is 0. The number of aliphatic imine (C=N–C) groups is 1. The van der Waals surface area contributed by atoms with Gasteiger partial charge in [0.25, 0.3) is 16.9 Å². The topological polar surface area (TPSA) is 172 Å². The van der Waals surface area contributed by atoms with Crippen LogP contribution in [0.15, 0.2) is 58.3 Å². The fraction of sp³-hybridized carbons (Fsp3) is 0. The van der Waals surface area contributed by atoms with Crippen molar-refractivity contribution in [2.24, 2.45) is 4.99 Å². The van der Waals surface area contributed by atoms with Gasteiger partial charge in [-0.05, 0) is 12.1 Å². The molecule has 12 nitrogen and oxygen atoms in total. The SMILES string of the molecule is O=c1c(C([O-])=Nc2cccc([N+](=O)[O-])c2)n[nH]n1-c1cccc([N+](=O)[O-])c1.[Na+]. The van der Waals surface area contributed by atoms with Crippen molar-refractivity contribution in [1.82, 2.24) is 15.0 Å². The second-order valence-corrected chi connectivity index (χ2v) is 5.17. The van der Waals surface area contributed by atoms with Crippen molar-refractivity contribution in [2.45, 2.75) is 0 Å². The van der Waals surface area contributed by atoms with Gasteiger partial charge in [0.15, 0.2) is 5.69 Å². The third kappa shape index (κ3) is 4.31. The summed E-state index contributed by atoms with van der Waals surface area (Å²) in [5, 5.41) is 39.7. The van der Waals surface area contributed by atoms with Gasteiger partial charge in [-0.1, -0.05) is 12.1 Å². The molecule has 0 aliphatic carbocycles. The Morgan fingerprint density at radius 2 is 1.64 bits per heavy atom. The fourth-order valence-corrected chi connectivity index (χ4v) is 2.21. The predicted octanol–water partition coefficient (Wildman–Crippen LogP) is -2.18.